The second-order valence-corrected chi connectivity index (χ2v) is 5.81. The number of hydrogen-bond donors (Lipinski definition) is 1. The minimum atomic E-state index is -0.410. The van der Waals surface area contributed by atoms with E-state index >= 15 is 0 Å². The van der Waals surface area contributed by atoms with Gasteiger partial charge in [-0.05, 0) is 25.5 Å². The van der Waals surface area contributed by atoms with Crippen LogP contribution in [0.15, 0.2) is 18.2 Å². The average molecular weight is 294 g/mol. The first kappa shape index (κ1) is 15.6. The van der Waals surface area contributed by atoms with Crippen molar-refractivity contribution in [2.24, 2.45) is 5.41 Å². The summed E-state index contributed by atoms with van der Waals surface area (Å²) in [6.45, 7) is 6.88. The summed E-state index contributed by atoms with van der Waals surface area (Å²) in [6, 6.07) is 5.20. The molecule has 0 aromatic heterocycles. The van der Waals surface area contributed by atoms with E-state index in [0.717, 1.165) is 6.42 Å². The number of nitro benzene ring substituents is 1. The molecule has 21 heavy (non-hydrogen) atoms. The SMILES string of the molecule is CCOC1CC(Nc2cccc(OC)c2[N+](=O)[O-])C1(C)C. The van der Waals surface area contributed by atoms with E-state index < -0.39 is 4.92 Å². The second-order valence-electron chi connectivity index (χ2n) is 5.81. The van der Waals surface area contributed by atoms with Crippen LogP contribution in [0.4, 0.5) is 11.4 Å². The fourth-order valence-electron chi connectivity index (χ4n) is 2.79. The zero-order valence-corrected chi connectivity index (χ0v) is 12.9. The molecule has 0 amide bonds. The molecule has 0 radical (unpaired) electrons. The number of nitrogens with one attached hydrogen (secondary N) is 1. The van der Waals surface area contributed by atoms with E-state index in [1.54, 1.807) is 18.2 Å². The number of anilines is 1. The molecular weight excluding hydrogens is 272 g/mol. The Balaban J connectivity index is 2.20. The Bertz CT molecular complexity index is 530. The molecule has 6 nitrogen and oxygen atoms in total. The van der Waals surface area contributed by atoms with Crippen LogP contribution in [-0.2, 0) is 4.74 Å². The molecule has 1 aliphatic carbocycles. The molecule has 1 aromatic rings. The maximum atomic E-state index is 11.3. The van der Waals surface area contributed by atoms with E-state index in [9.17, 15) is 10.1 Å². The summed E-state index contributed by atoms with van der Waals surface area (Å²) >= 11 is 0. The summed E-state index contributed by atoms with van der Waals surface area (Å²) in [5.41, 5.74) is 0.412. The third-order valence-electron chi connectivity index (χ3n) is 4.28. The number of para-hydroxylation sites is 1. The van der Waals surface area contributed by atoms with E-state index in [1.807, 2.05) is 6.92 Å². The highest BCUT2D eigenvalue weighted by Gasteiger charge is 2.49. The van der Waals surface area contributed by atoms with Crippen molar-refractivity contribution in [2.45, 2.75) is 39.3 Å². The van der Waals surface area contributed by atoms with Gasteiger partial charge in [-0.1, -0.05) is 19.9 Å². The lowest BCUT2D eigenvalue weighted by Gasteiger charge is -2.51. The fraction of sp³-hybridized carbons (Fsp3) is 0.600. The number of hydrogen-bond acceptors (Lipinski definition) is 5. The minimum absolute atomic E-state index is 0.0179. The minimum Gasteiger partial charge on any atom is -0.490 e. The lowest BCUT2D eigenvalue weighted by Crippen LogP contribution is -2.58. The number of rotatable bonds is 6. The van der Waals surface area contributed by atoms with Gasteiger partial charge in [-0.15, -0.1) is 0 Å². The molecular formula is C15H22N2O4. The predicted molar refractivity (Wildman–Crippen MR) is 80.9 cm³/mol. The van der Waals surface area contributed by atoms with Crippen molar-refractivity contribution < 1.29 is 14.4 Å². The Kier molecular flexibility index (Phi) is 4.37. The van der Waals surface area contributed by atoms with Crippen LogP contribution < -0.4 is 10.1 Å². The summed E-state index contributed by atoms with van der Waals surface area (Å²) in [5, 5.41) is 14.6. The van der Waals surface area contributed by atoms with Crippen LogP contribution in [0.1, 0.15) is 27.2 Å². The van der Waals surface area contributed by atoms with E-state index in [-0.39, 0.29) is 29.0 Å². The predicted octanol–water partition coefficient (Wildman–Crippen LogP) is 3.22. The monoisotopic (exact) mass is 294 g/mol. The molecule has 0 bridgehead atoms. The molecule has 0 spiro atoms. The number of nitrogens with zero attached hydrogens (tertiary/aromatic N) is 1. The standard InChI is InChI=1S/C15H22N2O4/c1-5-21-13-9-12(15(13,2)3)16-10-7-6-8-11(20-4)14(10)17(18)19/h6-8,12-13,16H,5,9H2,1-4H3. The smallest absolute Gasteiger partial charge is 0.333 e. The summed E-state index contributed by atoms with van der Waals surface area (Å²) in [6.07, 6.45) is 1.03. The number of nitro groups is 1. The van der Waals surface area contributed by atoms with Gasteiger partial charge in [0, 0.05) is 18.1 Å². The molecule has 1 aromatic carbocycles. The van der Waals surface area contributed by atoms with Crippen molar-refractivity contribution in [3.8, 4) is 5.75 Å². The van der Waals surface area contributed by atoms with Crippen LogP contribution in [0.25, 0.3) is 0 Å². The first-order valence-corrected chi connectivity index (χ1v) is 7.11. The van der Waals surface area contributed by atoms with Crippen LogP contribution >= 0.6 is 0 Å². The number of benzene rings is 1. The molecule has 2 unspecified atom stereocenters. The molecule has 0 saturated heterocycles. The highest BCUT2D eigenvalue weighted by Crippen LogP contribution is 2.46. The third kappa shape index (κ3) is 2.81. The maximum absolute atomic E-state index is 11.3. The van der Waals surface area contributed by atoms with Crippen molar-refractivity contribution in [2.75, 3.05) is 19.0 Å². The molecule has 1 fully saturated rings. The first-order chi connectivity index (χ1) is 9.91. The zero-order valence-electron chi connectivity index (χ0n) is 12.9. The van der Waals surface area contributed by atoms with Gasteiger partial charge in [0.2, 0.25) is 0 Å². The number of ether oxygens (including phenoxy) is 2. The average Bonchev–Trinajstić information content (AvgIpc) is 2.45. The molecule has 1 N–H and O–H groups in total. The van der Waals surface area contributed by atoms with Gasteiger partial charge in [-0.25, -0.2) is 0 Å². The van der Waals surface area contributed by atoms with Crippen LogP contribution in [0, 0.1) is 15.5 Å². The van der Waals surface area contributed by atoms with Crippen molar-refractivity contribution in [3.05, 3.63) is 28.3 Å². The summed E-state index contributed by atoms with van der Waals surface area (Å²) in [5.74, 6) is 0.267. The van der Waals surface area contributed by atoms with Crippen LogP contribution in [0.5, 0.6) is 5.75 Å². The lowest BCUT2D eigenvalue weighted by atomic mass is 9.64. The van der Waals surface area contributed by atoms with Crippen molar-refractivity contribution >= 4 is 11.4 Å². The van der Waals surface area contributed by atoms with Gasteiger partial charge in [-0.3, -0.25) is 10.1 Å². The van der Waals surface area contributed by atoms with Crippen molar-refractivity contribution in [1.29, 1.82) is 0 Å². The zero-order chi connectivity index (χ0) is 15.6. The van der Waals surface area contributed by atoms with Gasteiger partial charge >= 0.3 is 5.69 Å². The molecule has 2 rings (SSSR count). The van der Waals surface area contributed by atoms with Crippen LogP contribution in [-0.4, -0.2) is 30.8 Å². The Hall–Kier alpha value is -1.82. The second kappa shape index (κ2) is 5.89. The molecule has 1 saturated carbocycles. The Morgan fingerprint density at radius 1 is 1.48 bits per heavy atom. The van der Waals surface area contributed by atoms with Gasteiger partial charge in [0.15, 0.2) is 5.75 Å². The molecule has 116 valence electrons. The molecule has 0 heterocycles. The van der Waals surface area contributed by atoms with Crippen LogP contribution in [0.2, 0.25) is 0 Å². The Labute approximate surface area is 124 Å². The van der Waals surface area contributed by atoms with Crippen molar-refractivity contribution in [3.63, 3.8) is 0 Å². The van der Waals surface area contributed by atoms with E-state index in [0.29, 0.717) is 12.3 Å². The van der Waals surface area contributed by atoms with Gasteiger partial charge in [0.1, 0.15) is 5.69 Å². The van der Waals surface area contributed by atoms with E-state index in [2.05, 4.69) is 19.2 Å². The molecule has 6 heteroatoms. The van der Waals surface area contributed by atoms with E-state index in [1.165, 1.54) is 7.11 Å². The first-order valence-electron chi connectivity index (χ1n) is 7.11. The Morgan fingerprint density at radius 3 is 2.71 bits per heavy atom. The third-order valence-corrected chi connectivity index (χ3v) is 4.28. The fourth-order valence-corrected chi connectivity index (χ4v) is 2.79. The molecule has 1 aliphatic rings. The largest absolute Gasteiger partial charge is 0.490 e. The molecule has 0 aliphatic heterocycles. The summed E-state index contributed by atoms with van der Waals surface area (Å²) in [7, 11) is 1.44. The number of methoxy groups -OCH3 is 1. The summed E-state index contributed by atoms with van der Waals surface area (Å²) in [4.78, 5) is 10.9. The maximum Gasteiger partial charge on any atom is 0.333 e. The highest BCUT2D eigenvalue weighted by atomic mass is 16.6. The van der Waals surface area contributed by atoms with Gasteiger partial charge in [-0.2, -0.15) is 0 Å². The van der Waals surface area contributed by atoms with Crippen LogP contribution in [0.3, 0.4) is 0 Å². The normalized spacial score (nSPS) is 23.2. The van der Waals surface area contributed by atoms with E-state index in [4.69, 9.17) is 9.47 Å². The highest BCUT2D eigenvalue weighted by molar-refractivity contribution is 5.69. The quantitative estimate of drug-likeness (QED) is 0.644. The van der Waals surface area contributed by atoms with Gasteiger partial charge in [0.05, 0.1) is 18.1 Å². The lowest BCUT2D eigenvalue weighted by molar-refractivity contribution is -0.384. The topological polar surface area (TPSA) is 73.6 Å². The van der Waals surface area contributed by atoms with Gasteiger partial charge < -0.3 is 14.8 Å². The van der Waals surface area contributed by atoms with Gasteiger partial charge in [0.25, 0.3) is 0 Å². The van der Waals surface area contributed by atoms with Crippen molar-refractivity contribution in [1.82, 2.24) is 0 Å². The molecule has 2 atom stereocenters. The Morgan fingerprint density at radius 2 is 2.19 bits per heavy atom. The summed E-state index contributed by atoms with van der Waals surface area (Å²) < 4.78 is 10.8.